The van der Waals surface area contributed by atoms with Gasteiger partial charge in [-0.2, -0.15) is 0 Å². The lowest BCUT2D eigenvalue weighted by molar-refractivity contribution is -0.146. The Balaban J connectivity index is 0.00000144. The van der Waals surface area contributed by atoms with Gasteiger partial charge in [-0.25, -0.2) is 0 Å². The van der Waals surface area contributed by atoms with Gasteiger partial charge >= 0.3 is 5.97 Å². The molecule has 0 bridgehead atoms. The van der Waals surface area contributed by atoms with Crippen LogP contribution in [0.3, 0.4) is 0 Å². The molecule has 1 fully saturated rings. The summed E-state index contributed by atoms with van der Waals surface area (Å²) in [5.74, 6) is -0.329. The van der Waals surface area contributed by atoms with Crippen LogP contribution >= 0.6 is 12.4 Å². The molecule has 13 heavy (non-hydrogen) atoms. The van der Waals surface area contributed by atoms with Crippen molar-refractivity contribution in [3.63, 3.8) is 0 Å². The first-order valence-electron chi connectivity index (χ1n) is 3.70. The fourth-order valence-electron chi connectivity index (χ4n) is 1.09. The van der Waals surface area contributed by atoms with Crippen molar-refractivity contribution in [3.8, 4) is 0 Å². The fraction of sp³-hybridized carbons (Fsp3) is 0.714. The van der Waals surface area contributed by atoms with Gasteiger partial charge in [-0.05, 0) is 0 Å². The summed E-state index contributed by atoms with van der Waals surface area (Å²) in [7, 11) is 3.00. The molecule has 1 rings (SSSR count). The molecule has 1 saturated heterocycles. The lowest BCUT2D eigenvalue weighted by Crippen LogP contribution is -2.55. The standard InChI is InChI=1S/C7H12N2O3.ClH/c1-9-4-5(7(11)12-2)8-3-6(9)10;/h5,8H,3-4H2,1-2H3;1H/t5-;/m1./s1. The molecule has 1 amide bonds. The van der Waals surface area contributed by atoms with Gasteiger partial charge in [0.15, 0.2) is 0 Å². The maximum absolute atomic E-state index is 11.0. The average Bonchev–Trinajstić information content (AvgIpc) is 2.08. The molecule has 0 radical (unpaired) electrons. The number of halogens is 1. The van der Waals surface area contributed by atoms with Crippen molar-refractivity contribution in [2.45, 2.75) is 6.04 Å². The number of rotatable bonds is 1. The molecule has 1 aliphatic rings. The predicted molar refractivity (Wildman–Crippen MR) is 48.7 cm³/mol. The number of nitrogens with one attached hydrogen (secondary N) is 1. The third-order valence-electron chi connectivity index (χ3n) is 1.87. The first-order chi connectivity index (χ1) is 5.65. The molecule has 76 valence electrons. The summed E-state index contributed by atoms with van der Waals surface area (Å²) in [5, 5.41) is 2.78. The Bertz CT molecular complexity index is 210. The Morgan fingerprint density at radius 3 is 2.77 bits per heavy atom. The van der Waals surface area contributed by atoms with E-state index in [4.69, 9.17) is 0 Å². The summed E-state index contributed by atoms with van der Waals surface area (Å²) in [5.41, 5.74) is 0. The van der Waals surface area contributed by atoms with Crippen molar-refractivity contribution in [2.75, 3.05) is 27.2 Å². The van der Waals surface area contributed by atoms with Gasteiger partial charge in [0, 0.05) is 13.6 Å². The number of amides is 1. The molecule has 0 saturated carbocycles. The summed E-state index contributed by atoms with van der Waals surface area (Å²) in [6, 6.07) is -0.377. The van der Waals surface area contributed by atoms with Crippen molar-refractivity contribution in [3.05, 3.63) is 0 Å². The molecule has 0 aromatic heterocycles. The molecule has 0 spiro atoms. The Kier molecular flexibility index (Phi) is 4.72. The summed E-state index contributed by atoms with van der Waals surface area (Å²) in [4.78, 5) is 23.5. The molecular weight excluding hydrogens is 196 g/mol. The number of carbonyl (C=O) groups excluding carboxylic acids is 2. The second-order valence-corrected chi connectivity index (χ2v) is 2.73. The van der Waals surface area contributed by atoms with E-state index in [0.29, 0.717) is 6.54 Å². The van der Waals surface area contributed by atoms with E-state index in [1.54, 1.807) is 7.05 Å². The predicted octanol–water partition coefficient (Wildman–Crippen LogP) is -0.989. The zero-order valence-corrected chi connectivity index (χ0v) is 8.39. The molecule has 1 N–H and O–H groups in total. The van der Waals surface area contributed by atoms with E-state index in [0.717, 1.165) is 0 Å². The monoisotopic (exact) mass is 208 g/mol. The van der Waals surface area contributed by atoms with Crippen molar-refractivity contribution in [1.82, 2.24) is 10.2 Å². The van der Waals surface area contributed by atoms with E-state index in [1.165, 1.54) is 12.0 Å². The minimum Gasteiger partial charge on any atom is -0.468 e. The Labute approximate surface area is 82.8 Å². The number of hydrogen-bond acceptors (Lipinski definition) is 4. The van der Waals surface area contributed by atoms with E-state index in [9.17, 15) is 9.59 Å². The lowest BCUT2D eigenvalue weighted by atomic mass is 10.2. The van der Waals surface area contributed by atoms with E-state index < -0.39 is 0 Å². The van der Waals surface area contributed by atoms with Crippen LogP contribution in [-0.4, -0.2) is 50.1 Å². The number of piperazine rings is 1. The maximum atomic E-state index is 11.0. The zero-order valence-electron chi connectivity index (χ0n) is 7.57. The largest absolute Gasteiger partial charge is 0.468 e. The van der Waals surface area contributed by atoms with Crippen LogP contribution in [0.2, 0.25) is 0 Å². The number of hydrogen-bond donors (Lipinski definition) is 1. The number of esters is 1. The third kappa shape index (κ3) is 2.86. The van der Waals surface area contributed by atoms with E-state index in [2.05, 4.69) is 10.1 Å². The molecule has 0 aromatic rings. The molecule has 1 atom stereocenters. The van der Waals surface area contributed by atoms with Gasteiger partial charge in [-0.15, -0.1) is 12.4 Å². The van der Waals surface area contributed by atoms with Crippen LogP contribution in [0.1, 0.15) is 0 Å². The lowest BCUT2D eigenvalue weighted by Gasteiger charge is -2.28. The quantitative estimate of drug-likeness (QED) is 0.563. The zero-order chi connectivity index (χ0) is 9.14. The van der Waals surface area contributed by atoms with Gasteiger partial charge in [0.1, 0.15) is 6.04 Å². The van der Waals surface area contributed by atoms with Crippen molar-refractivity contribution >= 4 is 24.3 Å². The number of methoxy groups -OCH3 is 1. The minimum atomic E-state index is -0.377. The molecule has 1 heterocycles. The Morgan fingerprint density at radius 2 is 2.31 bits per heavy atom. The van der Waals surface area contributed by atoms with Gasteiger partial charge < -0.3 is 9.64 Å². The molecule has 6 heteroatoms. The van der Waals surface area contributed by atoms with E-state index >= 15 is 0 Å². The van der Waals surface area contributed by atoms with Gasteiger partial charge in [-0.3, -0.25) is 14.9 Å². The number of ether oxygens (including phenoxy) is 1. The highest BCUT2D eigenvalue weighted by Crippen LogP contribution is 1.98. The highest BCUT2D eigenvalue weighted by molar-refractivity contribution is 5.85. The molecule has 1 aliphatic heterocycles. The van der Waals surface area contributed by atoms with Crippen molar-refractivity contribution < 1.29 is 14.3 Å². The van der Waals surface area contributed by atoms with E-state index in [-0.39, 0.29) is 36.9 Å². The van der Waals surface area contributed by atoms with Crippen LogP contribution in [0, 0.1) is 0 Å². The summed E-state index contributed by atoms with van der Waals surface area (Å²) in [6.45, 7) is 0.585. The summed E-state index contributed by atoms with van der Waals surface area (Å²) in [6.07, 6.45) is 0. The minimum absolute atomic E-state index is 0. The van der Waals surface area contributed by atoms with Gasteiger partial charge in [-0.1, -0.05) is 0 Å². The summed E-state index contributed by atoms with van der Waals surface area (Å²) >= 11 is 0. The fourth-order valence-corrected chi connectivity index (χ4v) is 1.09. The second-order valence-electron chi connectivity index (χ2n) is 2.73. The SMILES string of the molecule is COC(=O)[C@H]1CN(C)C(=O)CN1.Cl. The number of carbonyl (C=O) groups is 2. The van der Waals surface area contributed by atoms with Crippen LogP contribution in [0.15, 0.2) is 0 Å². The second kappa shape index (κ2) is 5.04. The van der Waals surface area contributed by atoms with Gasteiger partial charge in [0.05, 0.1) is 13.7 Å². The van der Waals surface area contributed by atoms with E-state index in [1.807, 2.05) is 0 Å². The molecule has 0 aromatic carbocycles. The molecule has 0 unspecified atom stereocenters. The number of likely N-dealkylation sites (N-methyl/N-ethyl adjacent to an activating group) is 1. The molecule has 5 nitrogen and oxygen atoms in total. The molecule has 0 aliphatic carbocycles. The first-order valence-corrected chi connectivity index (χ1v) is 3.70. The smallest absolute Gasteiger partial charge is 0.324 e. The summed E-state index contributed by atoms with van der Waals surface area (Å²) < 4.78 is 4.53. The highest BCUT2D eigenvalue weighted by atomic mass is 35.5. The maximum Gasteiger partial charge on any atom is 0.324 e. The van der Waals surface area contributed by atoms with Crippen LogP contribution in [0.5, 0.6) is 0 Å². The third-order valence-corrected chi connectivity index (χ3v) is 1.87. The van der Waals surface area contributed by atoms with Crippen LogP contribution < -0.4 is 5.32 Å². The van der Waals surface area contributed by atoms with Gasteiger partial charge in [0.2, 0.25) is 5.91 Å². The number of nitrogens with zero attached hydrogens (tertiary/aromatic N) is 1. The normalized spacial score (nSPS) is 22.2. The van der Waals surface area contributed by atoms with Gasteiger partial charge in [0.25, 0.3) is 0 Å². The molecular formula is C7H13ClN2O3. The Morgan fingerprint density at radius 1 is 1.69 bits per heavy atom. The van der Waals surface area contributed by atoms with Crippen LogP contribution in [-0.2, 0) is 14.3 Å². The average molecular weight is 209 g/mol. The van der Waals surface area contributed by atoms with Crippen LogP contribution in [0.25, 0.3) is 0 Å². The van der Waals surface area contributed by atoms with Crippen molar-refractivity contribution in [1.29, 1.82) is 0 Å². The first kappa shape index (κ1) is 12.2. The van der Waals surface area contributed by atoms with Crippen LogP contribution in [0.4, 0.5) is 0 Å². The topological polar surface area (TPSA) is 58.6 Å². The van der Waals surface area contributed by atoms with Crippen molar-refractivity contribution in [2.24, 2.45) is 0 Å². The highest BCUT2D eigenvalue weighted by Gasteiger charge is 2.27. The Hall–Kier alpha value is -0.810.